The fourth-order valence-corrected chi connectivity index (χ4v) is 1.53. The number of aryl methyl sites for hydroxylation is 1. The van der Waals surface area contributed by atoms with Crippen molar-refractivity contribution in [2.75, 3.05) is 25.6 Å². The average molecular weight is 207 g/mol. The summed E-state index contributed by atoms with van der Waals surface area (Å²) in [6.07, 6.45) is 0.960. The summed E-state index contributed by atoms with van der Waals surface area (Å²) < 4.78 is 4.64. The third kappa shape index (κ3) is 2.98. The lowest BCUT2D eigenvalue weighted by Crippen LogP contribution is -2.27. The molecule has 1 rings (SSSR count). The van der Waals surface area contributed by atoms with E-state index in [2.05, 4.69) is 17.7 Å². The van der Waals surface area contributed by atoms with Crippen molar-refractivity contribution in [2.45, 2.75) is 13.3 Å². The number of hydrogen-bond acceptors (Lipinski definition) is 3. The van der Waals surface area contributed by atoms with Gasteiger partial charge in [0.25, 0.3) is 0 Å². The van der Waals surface area contributed by atoms with Gasteiger partial charge in [0.15, 0.2) is 0 Å². The number of nitrogens with zero attached hydrogens (tertiary/aromatic N) is 1. The van der Waals surface area contributed by atoms with Crippen molar-refractivity contribution in [3.05, 3.63) is 29.8 Å². The van der Waals surface area contributed by atoms with Crippen LogP contribution in [0.4, 0.5) is 5.69 Å². The van der Waals surface area contributed by atoms with E-state index in [1.54, 1.807) is 0 Å². The number of methoxy groups -OCH3 is 1. The lowest BCUT2D eigenvalue weighted by Gasteiger charge is -2.20. The standard InChI is InChI=1S/C12H17NO2/c1-4-10-7-5-6-8-11(10)13(2)9-12(14)15-3/h5-8H,4,9H2,1-3H3. The maximum absolute atomic E-state index is 11.1. The summed E-state index contributed by atoms with van der Waals surface area (Å²) >= 11 is 0. The Bertz CT molecular complexity index is 336. The number of carbonyl (C=O) groups is 1. The van der Waals surface area contributed by atoms with Crippen LogP contribution in [0.2, 0.25) is 0 Å². The maximum Gasteiger partial charge on any atom is 0.325 e. The first-order valence-electron chi connectivity index (χ1n) is 5.05. The van der Waals surface area contributed by atoms with E-state index in [0.29, 0.717) is 0 Å². The zero-order valence-electron chi connectivity index (χ0n) is 9.49. The van der Waals surface area contributed by atoms with Crippen LogP contribution in [0.5, 0.6) is 0 Å². The van der Waals surface area contributed by atoms with E-state index in [-0.39, 0.29) is 12.5 Å². The molecular weight excluding hydrogens is 190 g/mol. The average Bonchev–Trinajstić information content (AvgIpc) is 2.28. The second-order valence-electron chi connectivity index (χ2n) is 3.41. The number of likely N-dealkylation sites (N-methyl/N-ethyl adjacent to an activating group) is 1. The zero-order chi connectivity index (χ0) is 11.3. The first-order chi connectivity index (χ1) is 7.19. The summed E-state index contributed by atoms with van der Waals surface area (Å²) in [4.78, 5) is 13.0. The van der Waals surface area contributed by atoms with Gasteiger partial charge < -0.3 is 9.64 Å². The number of ether oxygens (including phenoxy) is 1. The van der Waals surface area contributed by atoms with Gasteiger partial charge in [-0.25, -0.2) is 0 Å². The van der Waals surface area contributed by atoms with E-state index < -0.39 is 0 Å². The fourth-order valence-electron chi connectivity index (χ4n) is 1.53. The van der Waals surface area contributed by atoms with Crippen molar-refractivity contribution in [1.29, 1.82) is 0 Å². The van der Waals surface area contributed by atoms with Gasteiger partial charge in [-0.1, -0.05) is 25.1 Å². The van der Waals surface area contributed by atoms with Crippen molar-refractivity contribution in [1.82, 2.24) is 0 Å². The molecule has 0 N–H and O–H groups in total. The zero-order valence-corrected chi connectivity index (χ0v) is 9.49. The van der Waals surface area contributed by atoms with Gasteiger partial charge in [0, 0.05) is 12.7 Å². The highest BCUT2D eigenvalue weighted by Crippen LogP contribution is 2.19. The molecule has 0 heterocycles. The fraction of sp³-hybridized carbons (Fsp3) is 0.417. The molecule has 0 aliphatic rings. The molecule has 0 spiro atoms. The van der Waals surface area contributed by atoms with Crippen LogP contribution in [-0.4, -0.2) is 26.7 Å². The van der Waals surface area contributed by atoms with Crippen LogP contribution in [0.1, 0.15) is 12.5 Å². The van der Waals surface area contributed by atoms with E-state index in [0.717, 1.165) is 12.1 Å². The highest BCUT2D eigenvalue weighted by molar-refractivity contribution is 5.76. The number of para-hydroxylation sites is 1. The van der Waals surface area contributed by atoms with E-state index in [9.17, 15) is 4.79 Å². The molecular formula is C12H17NO2. The first-order valence-corrected chi connectivity index (χ1v) is 5.05. The van der Waals surface area contributed by atoms with Gasteiger partial charge >= 0.3 is 5.97 Å². The molecule has 1 aromatic rings. The summed E-state index contributed by atoms with van der Waals surface area (Å²) in [5.41, 5.74) is 2.33. The van der Waals surface area contributed by atoms with Gasteiger partial charge in [-0.15, -0.1) is 0 Å². The lowest BCUT2D eigenvalue weighted by atomic mass is 10.1. The number of carbonyl (C=O) groups excluding carboxylic acids is 1. The Morgan fingerprint density at radius 1 is 1.40 bits per heavy atom. The minimum atomic E-state index is -0.219. The topological polar surface area (TPSA) is 29.5 Å². The molecule has 15 heavy (non-hydrogen) atoms. The van der Waals surface area contributed by atoms with Gasteiger partial charge in [0.2, 0.25) is 0 Å². The van der Waals surface area contributed by atoms with Gasteiger partial charge in [-0.3, -0.25) is 4.79 Å². The number of benzene rings is 1. The third-order valence-electron chi connectivity index (χ3n) is 2.38. The molecule has 82 valence electrons. The lowest BCUT2D eigenvalue weighted by molar-refractivity contribution is -0.138. The molecule has 3 heteroatoms. The largest absolute Gasteiger partial charge is 0.468 e. The number of esters is 1. The van der Waals surface area contributed by atoms with Crippen LogP contribution < -0.4 is 4.90 Å². The molecule has 0 atom stereocenters. The first kappa shape index (κ1) is 11.6. The molecule has 3 nitrogen and oxygen atoms in total. The van der Waals surface area contributed by atoms with Crippen molar-refractivity contribution >= 4 is 11.7 Å². The van der Waals surface area contributed by atoms with E-state index in [4.69, 9.17) is 0 Å². The SMILES string of the molecule is CCc1ccccc1N(C)CC(=O)OC. The number of hydrogen-bond donors (Lipinski definition) is 0. The maximum atomic E-state index is 11.1. The van der Waals surface area contributed by atoms with Crippen LogP contribution in [0.15, 0.2) is 24.3 Å². The smallest absolute Gasteiger partial charge is 0.325 e. The van der Waals surface area contributed by atoms with Gasteiger partial charge in [0.05, 0.1) is 7.11 Å². The van der Waals surface area contributed by atoms with Crippen LogP contribution >= 0.6 is 0 Å². The molecule has 0 radical (unpaired) electrons. The Labute approximate surface area is 90.7 Å². The Hall–Kier alpha value is -1.51. The Morgan fingerprint density at radius 2 is 2.07 bits per heavy atom. The van der Waals surface area contributed by atoms with Gasteiger partial charge in [-0.05, 0) is 18.1 Å². The number of rotatable bonds is 4. The minimum absolute atomic E-state index is 0.219. The monoisotopic (exact) mass is 207 g/mol. The predicted octanol–water partition coefficient (Wildman–Crippen LogP) is 1.86. The Kier molecular flexibility index (Phi) is 4.16. The van der Waals surface area contributed by atoms with Crippen molar-refractivity contribution < 1.29 is 9.53 Å². The van der Waals surface area contributed by atoms with Gasteiger partial charge in [-0.2, -0.15) is 0 Å². The molecule has 0 unspecified atom stereocenters. The molecule has 1 aromatic carbocycles. The molecule has 0 bridgehead atoms. The predicted molar refractivity (Wildman–Crippen MR) is 61.1 cm³/mol. The van der Waals surface area contributed by atoms with E-state index in [1.165, 1.54) is 12.7 Å². The second kappa shape index (κ2) is 5.39. The molecule has 0 aliphatic heterocycles. The summed E-state index contributed by atoms with van der Waals surface area (Å²) in [7, 11) is 3.30. The summed E-state index contributed by atoms with van der Waals surface area (Å²) in [5.74, 6) is -0.219. The normalized spacial score (nSPS) is 9.80. The number of anilines is 1. The summed E-state index contributed by atoms with van der Waals surface area (Å²) in [6.45, 7) is 2.39. The Balaban J connectivity index is 2.80. The minimum Gasteiger partial charge on any atom is -0.468 e. The molecule has 0 saturated heterocycles. The van der Waals surface area contributed by atoms with Crippen LogP contribution in [0, 0.1) is 0 Å². The quantitative estimate of drug-likeness (QED) is 0.706. The highest BCUT2D eigenvalue weighted by atomic mass is 16.5. The Morgan fingerprint density at radius 3 is 2.67 bits per heavy atom. The van der Waals surface area contributed by atoms with Crippen LogP contribution in [0.25, 0.3) is 0 Å². The van der Waals surface area contributed by atoms with Crippen molar-refractivity contribution in [2.24, 2.45) is 0 Å². The second-order valence-corrected chi connectivity index (χ2v) is 3.41. The van der Waals surface area contributed by atoms with E-state index >= 15 is 0 Å². The van der Waals surface area contributed by atoms with Crippen LogP contribution in [-0.2, 0) is 16.0 Å². The molecule has 0 aliphatic carbocycles. The van der Waals surface area contributed by atoms with Gasteiger partial charge in [0.1, 0.15) is 6.54 Å². The van der Waals surface area contributed by atoms with Crippen molar-refractivity contribution in [3.8, 4) is 0 Å². The molecule has 0 amide bonds. The summed E-state index contributed by atoms with van der Waals surface area (Å²) in [5, 5.41) is 0. The third-order valence-corrected chi connectivity index (χ3v) is 2.38. The molecule has 0 saturated carbocycles. The highest BCUT2D eigenvalue weighted by Gasteiger charge is 2.09. The molecule has 0 aromatic heterocycles. The van der Waals surface area contributed by atoms with Crippen LogP contribution in [0.3, 0.4) is 0 Å². The molecule has 0 fully saturated rings. The van der Waals surface area contributed by atoms with Crippen molar-refractivity contribution in [3.63, 3.8) is 0 Å². The van der Waals surface area contributed by atoms with E-state index in [1.807, 2.05) is 30.1 Å². The summed E-state index contributed by atoms with van der Waals surface area (Å²) in [6, 6.07) is 8.07.